The molecule has 4 unspecified atom stereocenters. The van der Waals surface area contributed by atoms with E-state index >= 15 is 0 Å². The number of thiazole rings is 1. The maximum absolute atomic E-state index is 9.46. The third-order valence-electron chi connectivity index (χ3n) is 5.51. The average Bonchev–Trinajstić information content (AvgIpc) is 3.31. The second-order valence-corrected chi connectivity index (χ2v) is 9.79. The number of hydrogen-bond acceptors (Lipinski definition) is 8. The molecule has 2 heterocycles. The number of nitrogens with zero attached hydrogens (tertiary/aromatic N) is 4. The number of thioether (sulfide) groups is 1. The van der Waals surface area contributed by atoms with Crippen LogP contribution in [0.15, 0.2) is 41.4 Å². The summed E-state index contributed by atoms with van der Waals surface area (Å²) in [6.07, 6.45) is 7.42. The molecule has 3 rings (SSSR count). The molecule has 1 aliphatic carbocycles. The number of aryl methyl sites for hydroxylation is 2. The van der Waals surface area contributed by atoms with E-state index in [1.807, 2.05) is 31.4 Å². The molecule has 0 radical (unpaired) electrons. The minimum Gasteiger partial charge on any atom is -0.395 e. The van der Waals surface area contributed by atoms with E-state index in [0.717, 1.165) is 34.0 Å². The van der Waals surface area contributed by atoms with E-state index in [0.29, 0.717) is 22.6 Å². The fourth-order valence-corrected chi connectivity index (χ4v) is 6.46. The highest BCUT2D eigenvalue weighted by atomic mass is 32.2. The number of aromatic nitrogens is 2. The van der Waals surface area contributed by atoms with Crippen LogP contribution < -0.4 is 11.6 Å². The standard InChI is InChI=1S/C22H28N6S2/c1-5-15-8-19(30-20-7-13(3)10-26-18(20)9-23)16(6-2)21(15)28(25)11-17(24)22-27-14(4)12-29-22/h5,7,10-12,15-16,19,21H,1,6,8,24-25H2,2-4H3/b17-11-. The fourth-order valence-electron chi connectivity index (χ4n) is 4.11. The lowest BCUT2D eigenvalue weighted by molar-refractivity contribution is 0.202. The number of hydrogen-bond donors (Lipinski definition) is 2. The van der Waals surface area contributed by atoms with Gasteiger partial charge in [0.05, 0.1) is 11.7 Å². The monoisotopic (exact) mass is 440 g/mol. The Bertz CT molecular complexity index is 976. The van der Waals surface area contributed by atoms with Gasteiger partial charge in [0.25, 0.3) is 0 Å². The molecular formula is C22H28N6S2. The van der Waals surface area contributed by atoms with Crippen LogP contribution in [0, 0.1) is 37.0 Å². The topological polar surface area (TPSA) is 105 Å². The molecule has 4 N–H and O–H groups in total. The number of nitrogens with two attached hydrogens (primary N) is 2. The van der Waals surface area contributed by atoms with Crippen molar-refractivity contribution >= 4 is 28.8 Å². The molecule has 8 heteroatoms. The van der Waals surface area contributed by atoms with Crippen LogP contribution >= 0.6 is 23.1 Å². The molecule has 1 saturated carbocycles. The highest BCUT2D eigenvalue weighted by molar-refractivity contribution is 8.00. The van der Waals surface area contributed by atoms with Crippen LogP contribution in [0.1, 0.15) is 41.7 Å². The zero-order valence-electron chi connectivity index (χ0n) is 17.6. The molecule has 2 aromatic rings. The third-order valence-corrected chi connectivity index (χ3v) is 7.92. The van der Waals surface area contributed by atoms with Gasteiger partial charge in [0.2, 0.25) is 0 Å². The van der Waals surface area contributed by atoms with Crippen LogP contribution in [0.25, 0.3) is 5.70 Å². The Balaban J connectivity index is 1.85. The predicted octanol–water partition coefficient (Wildman–Crippen LogP) is 4.22. The van der Waals surface area contributed by atoms with Crippen molar-refractivity contribution in [2.24, 2.45) is 23.4 Å². The van der Waals surface area contributed by atoms with Crippen molar-refractivity contribution in [2.45, 2.75) is 49.8 Å². The Labute approximate surface area is 186 Å². The minimum atomic E-state index is 0.0768. The van der Waals surface area contributed by atoms with E-state index < -0.39 is 0 Å². The summed E-state index contributed by atoms with van der Waals surface area (Å²) in [6, 6.07) is 4.34. The number of pyridine rings is 1. The lowest BCUT2D eigenvalue weighted by atomic mass is 9.95. The Kier molecular flexibility index (Phi) is 7.19. The largest absolute Gasteiger partial charge is 0.395 e. The molecule has 0 bridgehead atoms. The molecule has 0 amide bonds. The Morgan fingerprint density at radius 2 is 2.27 bits per heavy atom. The van der Waals surface area contributed by atoms with Gasteiger partial charge in [0.1, 0.15) is 11.1 Å². The quantitative estimate of drug-likeness (QED) is 0.377. The van der Waals surface area contributed by atoms with E-state index in [4.69, 9.17) is 11.6 Å². The molecule has 2 aromatic heterocycles. The molecule has 1 fully saturated rings. The molecule has 4 atom stereocenters. The summed E-state index contributed by atoms with van der Waals surface area (Å²) in [6.45, 7) is 10.2. The van der Waals surface area contributed by atoms with Crippen molar-refractivity contribution in [1.29, 1.82) is 5.26 Å². The molecule has 30 heavy (non-hydrogen) atoms. The first-order valence-corrected chi connectivity index (χ1v) is 11.7. The van der Waals surface area contributed by atoms with Crippen molar-refractivity contribution < 1.29 is 0 Å². The molecular weight excluding hydrogens is 412 g/mol. The van der Waals surface area contributed by atoms with Crippen molar-refractivity contribution in [3.8, 4) is 6.07 Å². The smallest absolute Gasteiger partial charge is 0.154 e. The highest BCUT2D eigenvalue weighted by Gasteiger charge is 2.43. The summed E-state index contributed by atoms with van der Waals surface area (Å²) >= 11 is 3.25. The first-order valence-electron chi connectivity index (χ1n) is 9.96. The maximum Gasteiger partial charge on any atom is 0.154 e. The van der Waals surface area contributed by atoms with Crippen LogP contribution in [0.2, 0.25) is 0 Å². The fraction of sp³-hybridized carbons (Fsp3) is 0.409. The van der Waals surface area contributed by atoms with Gasteiger partial charge in [-0.05, 0) is 43.7 Å². The van der Waals surface area contributed by atoms with Gasteiger partial charge in [-0.3, -0.25) is 0 Å². The summed E-state index contributed by atoms with van der Waals surface area (Å²) in [4.78, 5) is 9.67. The zero-order chi connectivity index (χ0) is 21.8. The molecule has 1 aliphatic rings. The lowest BCUT2D eigenvalue weighted by Gasteiger charge is -2.32. The van der Waals surface area contributed by atoms with Gasteiger partial charge >= 0.3 is 0 Å². The van der Waals surface area contributed by atoms with E-state index in [1.165, 1.54) is 11.3 Å². The first kappa shape index (κ1) is 22.3. The van der Waals surface area contributed by atoms with E-state index in [2.05, 4.69) is 29.5 Å². The van der Waals surface area contributed by atoms with Crippen molar-refractivity contribution in [3.05, 3.63) is 58.5 Å². The van der Waals surface area contributed by atoms with Crippen LogP contribution in [-0.2, 0) is 0 Å². The molecule has 6 nitrogen and oxygen atoms in total. The molecule has 158 valence electrons. The maximum atomic E-state index is 9.46. The van der Waals surface area contributed by atoms with Gasteiger partial charge < -0.3 is 10.7 Å². The van der Waals surface area contributed by atoms with E-state index in [9.17, 15) is 5.26 Å². The Hall–Kier alpha value is -2.34. The van der Waals surface area contributed by atoms with E-state index in [1.54, 1.807) is 29.2 Å². The number of rotatable bonds is 7. The predicted molar refractivity (Wildman–Crippen MR) is 124 cm³/mol. The molecule has 0 saturated heterocycles. The van der Waals surface area contributed by atoms with Crippen molar-refractivity contribution in [2.75, 3.05) is 0 Å². The van der Waals surface area contributed by atoms with E-state index in [-0.39, 0.29) is 12.0 Å². The average molecular weight is 441 g/mol. The van der Waals surface area contributed by atoms with Crippen molar-refractivity contribution in [3.63, 3.8) is 0 Å². The lowest BCUT2D eigenvalue weighted by Crippen LogP contribution is -2.44. The van der Waals surface area contributed by atoms with Gasteiger partial charge in [0.15, 0.2) is 5.69 Å². The van der Waals surface area contributed by atoms with Crippen LogP contribution in [0.3, 0.4) is 0 Å². The molecule has 0 aliphatic heterocycles. The summed E-state index contributed by atoms with van der Waals surface area (Å²) in [5.74, 6) is 7.07. The van der Waals surface area contributed by atoms with Crippen LogP contribution in [0.5, 0.6) is 0 Å². The van der Waals surface area contributed by atoms with Crippen molar-refractivity contribution in [1.82, 2.24) is 15.0 Å². The number of hydrazine groups is 1. The first-order chi connectivity index (χ1) is 14.4. The second kappa shape index (κ2) is 9.65. The summed E-state index contributed by atoms with van der Waals surface area (Å²) in [5.41, 5.74) is 9.32. The van der Waals surface area contributed by atoms with Gasteiger partial charge in [-0.1, -0.05) is 19.4 Å². The van der Waals surface area contributed by atoms with Crippen LogP contribution in [-0.4, -0.2) is 26.3 Å². The van der Waals surface area contributed by atoms with Gasteiger partial charge in [-0.15, -0.1) is 29.7 Å². The zero-order valence-corrected chi connectivity index (χ0v) is 19.2. The Morgan fingerprint density at radius 3 is 2.87 bits per heavy atom. The Morgan fingerprint density at radius 1 is 1.50 bits per heavy atom. The minimum absolute atomic E-state index is 0.0768. The van der Waals surface area contributed by atoms with Crippen LogP contribution in [0.4, 0.5) is 0 Å². The molecule has 0 spiro atoms. The summed E-state index contributed by atoms with van der Waals surface area (Å²) in [7, 11) is 0. The molecule has 0 aromatic carbocycles. The second-order valence-electron chi connectivity index (χ2n) is 7.65. The third kappa shape index (κ3) is 4.69. The SMILES string of the molecule is C=CC1CC(Sc2cc(C)cnc2C#N)C(CC)C1N(N)/C=C(\N)c1nc(C)cs1. The summed E-state index contributed by atoms with van der Waals surface area (Å²) < 4.78 is 0. The number of nitriles is 1. The highest BCUT2D eigenvalue weighted by Crippen LogP contribution is 2.46. The van der Waals surface area contributed by atoms with Gasteiger partial charge in [-0.2, -0.15) is 5.26 Å². The summed E-state index contributed by atoms with van der Waals surface area (Å²) in [5, 5.41) is 14.3. The van der Waals surface area contributed by atoms with Gasteiger partial charge in [0, 0.05) is 33.6 Å². The normalized spacial score (nSPS) is 23.9. The van der Waals surface area contributed by atoms with Gasteiger partial charge in [-0.25, -0.2) is 15.8 Å².